The van der Waals surface area contributed by atoms with E-state index in [1.54, 1.807) is 6.92 Å². The fourth-order valence-corrected chi connectivity index (χ4v) is 0.467. The standard InChI is InChI=1S/C7H9NO4/c1-2-12-7(9)5-3-4-6-8(10)11/h2,5-6H2,1H3. The van der Waals surface area contributed by atoms with Crippen molar-refractivity contribution in [2.45, 2.75) is 13.3 Å². The quantitative estimate of drug-likeness (QED) is 0.263. The molecule has 0 aromatic rings. The van der Waals surface area contributed by atoms with Gasteiger partial charge in [0.25, 0.3) is 6.54 Å². The molecule has 0 aliphatic heterocycles. The Balaban J connectivity index is 3.56. The van der Waals surface area contributed by atoms with Crippen LogP contribution < -0.4 is 0 Å². The van der Waals surface area contributed by atoms with Crippen molar-refractivity contribution in [2.24, 2.45) is 0 Å². The smallest absolute Gasteiger partial charge is 0.317 e. The van der Waals surface area contributed by atoms with E-state index in [4.69, 9.17) is 0 Å². The van der Waals surface area contributed by atoms with Crippen molar-refractivity contribution in [1.82, 2.24) is 0 Å². The average Bonchev–Trinajstić information content (AvgIpc) is 1.98. The molecule has 12 heavy (non-hydrogen) atoms. The summed E-state index contributed by atoms with van der Waals surface area (Å²) in [5.41, 5.74) is 0. The second kappa shape index (κ2) is 6.16. The van der Waals surface area contributed by atoms with Gasteiger partial charge in [0, 0.05) is 4.92 Å². The molecule has 0 atom stereocenters. The number of esters is 1. The summed E-state index contributed by atoms with van der Waals surface area (Å²) < 4.78 is 4.54. The van der Waals surface area contributed by atoms with Crippen LogP contribution in [0.2, 0.25) is 0 Å². The third-order valence-corrected chi connectivity index (χ3v) is 0.871. The van der Waals surface area contributed by atoms with Gasteiger partial charge >= 0.3 is 5.97 Å². The van der Waals surface area contributed by atoms with Crippen LogP contribution in [0.1, 0.15) is 13.3 Å². The van der Waals surface area contributed by atoms with Gasteiger partial charge in [0.2, 0.25) is 0 Å². The van der Waals surface area contributed by atoms with E-state index in [1.807, 2.05) is 0 Å². The summed E-state index contributed by atoms with van der Waals surface area (Å²) in [5.74, 6) is 4.11. The number of carbonyl (C=O) groups excluding carboxylic acids is 1. The third kappa shape index (κ3) is 6.55. The van der Waals surface area contributed by atoms with Gasteiger partial charge in [-0.25, -0.2) is 0 Å². The van der Waals surface area contributed by atoms with Gasteiger partial charge in [-0.2, -0.15) is 0 Å². The molecule has 5 heteroatoms. The molecule has 0 aliphatic rings. The normalized spacial score (nSPS) is 8.08. The zero-order chi connectivity index (χ0) is 9.40. The van der Waals surface area contributed by atoms with E-state index in [0.29, 0.717) is 6.61 Å². The van der Waals surface area contributed by atoms with E-state index in [2.05, 4.69) is 16.6 Å². The van der Waals surface area contributed by atoms with Crippen LogP contribution in [0.15, 0.2) is 0 Å². The Labute approximate surface area is 69.9 Å². The fraction of sp³-hybridized carbons (Fsp3) is 0.571. The van der Waals surface area contributed by atoms with E-state index in [-0.39, 0.29) is 6.42 Å². The van der Waals surface area contributed by atoms with Crippen molar-refractivity contribution in [3.05, 3.63) is 10.1 Å². The van der Waals surface area contributed by atoms with Gasteiger partial charge in [0.15, 0.2) is 0 Å². The Kier molecular flexibility index (Phi) is 5.35. The molecule has 0 N–H and O–H groups in total. The van der Waals surface area contributed by atoms with Gasteiger partial charge < -0.3 is 4.74 Å². The summed E-state index contributed by atoms with van der Waals surface area (Å²) in [6.45, 7) is 1.55. The number of hydrogen-bond donors (Lipinski definition) is 0. The van der Waals surface area contributed by atoms with Crippen LogP contribution in [0.4, 0.5) is 0 Å². The zero-order valence-electron chi connectivity index (χ0n) is 6.70. The Morgan fingerprint density at radius 1 is 1.58 bits per heavy atom. The SMILES string of the molecule is CCOC(=O)CC#CC[N+](=O)[O-]. The van der Waals surface area contributed by atoms with Crippen molar-refractivity contribution < 1.29 is 14.5 Å². The lowest BCUT2D eigenvalue weighted by Crippen LogP contribution is -2.02. The monoisotopic (exact) mass is 171 g/mol. The summed E-state index contributed by atoms with van der Waals surface area (Å²) in [6, 6.07) is 0. The van der Waals surface area contributed by atoms with Gasteiger partial charge in [0.1, 0.15) is 6.42 Å². The third-order valence-electron chi connectivity index (χ3n) is 0.871. The fourth-order valence-electron chi connectivity index (χ4n) is 0.467. The molecule has 0 bridgehead atoms. The number of nitro groups is 1. The molecule has 0 spiro atoms. The van der Waals surface area contributed by atoms with Crippen LogP contribution in [0.5, 0.6) is 0 Å². The van der Waals surface area contributed by atoms with Gasteiger partial charge in [-0.3, -0.25) is 14.9 Å². The lowest BCUT2D eigenvalue weighted by molar-refractivity contribution is -0.466. The van der Waals surface area contributed by atoms with E-state index < -0.39 is 17.4 Å². The topological polar surface area (TPSA) is 69.4 Å². The predicted molar refractivity (Wildman–Crippen MR) is 40.9 cm³/mol. The highest BCUT2D eigenvalue weighted by atomic mass is 16.6. The largest absolute Gasteiger partial charge is 0.465 e. The molecule has 0 unspecified atom stereocenters. The Morgan fingerprint density at radius 2 is 2.25 bits per heavy atom. The molecule has 0 saturated heterocycles. The van der Waals surface area contributed by atoms with Crippen molar-refractivity contribution in [3.63, 3.8) is 0 Å². The zero-order valence-corrected chi connectivity index (χ0v) is 6.70. The second-order valence-electron chi connectivity index (χ2n) is 1.83. The van der Waals surface area contributed by atoms with Crippen LogP contribution in [0.25, 0.3) is 0 Å². The molecule has 0 heterocycles. The second-order valence-corrected chi connectivity index (χ2v) is 1.83. The maximum Gasteiger partial charge on any atom is 0.317 e. The van der Waals surface area contributed by atoms with Crippen LogP contribution in [-0.4, -0.2) is 24.0 Å². The van der Waals surface area contributed by atoms with Gasteiger partial charge in [-0.15, -0.1) is 0 Å². The predicted octanol–water partition coefficient (Wildman–Crippen LogP) is 0.220. The Bertz CT molecular complexity index is 225. The molecule has 0 aromatic carbocycles. The summed E-state index contributed by atoms with van der Waals surface area (Å²) in [7, 11) is 0. The highest BCUT2D eigenvalue weighted by Gasteiger charge is 1.96. The molecule has 5 nitrogen and oxygen atoms in total. The molecule has 0 rings (SSSR count). The van der Waals surface area contributed by atoms with Crippen molar-refractivity contribution in [1.29, 1.82) is 0 Å². The molecule has 0 aliphatic carbocycles. The number of carbonyl (C=O) groups is 1. The Morgan fingerprint density at radius 3 is 2.75 bits per heavy atom. The van der Waals surface area contributed by atoms with Gasteiger partial charge in [-0.1, -0.05) is 5.92 Å². The number of nitrogens with zero attached hydrogens (tertiary/aromatic N) is 1. The summed E-state index contributed by atoms with van der Waals surface area (Å²) in [5, 5.41) is 9.76. The summed E-state index contributed by atoms with van der Waals surface area (Å²) in [6.07, 6.45) is -0.0817. The first-order valence-electron chi connectivity index (χ1n) is 3.40. The molecular weight excluding hydrogens is 162 g/mol. The highest BCUT2D eigenvalue weighted by molar-refractivity contribution is 5.72. The number of rotatable bonds is 3. The average molecular weight is 171 g/mol. The van der Waals surface area contributed by atoms with Crippen LogP contribution >= 0.6 is 0 Å². The van der Waals surface area contributed by atoms with Crippen LogP contribution in [0, 0.1) is 22.0 Å². The van der Waals surface area contributed by atoms with E-state index in [0.717, 1.165) is 0 Å². The summed E-state index contributed by atoms with van der Waals surface area (Å²) in [4.78, 5) is 19.8. The highest BCUT2D eigenvalue weighted by Crippen LogP contribution is 1.82. The first kappa shape index (κ1) is 10.4. The minimum Gasteiger partial charge on any atom is -0.465 e. The molecule has 0 aromatic heterocycles. The lowest BCUT2D eigenvalue weighted by Gasteiger charge is -1.94. The van der Waals surface area contributed by atoms with E-state index >= 15 is 0 Å². The Hall–Kier alpha value is -1.57. The molecule has 0 fully saturated rings. The van der Waals surface area contributed by atoms with Crippen LogP contribution in [-0.2, 0) is 9.53 Å². The first-order valence-corrected chi connectivity index (χ1v) is 3.40. The van der Waals surface area contributed by atoms with Crippen LogP contribution in [0.3, 0.4) is 0 Å². The van der Waals surface area contributed by atoms with Crippen molar-refractivity contribution in [3.8, 4) is 11.8 Å². The maximum absolute atomic E-state index is 10.6. The van der Waals surface area contributed by atoms with Gasteiger partial charge in [-0.05, 0) is 12.8 Å². The molecule has 0 saturated carbocycles. The molecule has 66 valence electrons. The lowest BCUT2D eigenvalue weighted by atomic mass is 10.4. The molecule has 0 radical (unpaired) electrons. The number of hydrogen-bond acceptors (Lipinski definition) is 4. The first-order chi connectivity index (χ1) is 5.66. The minimum absolute atomic E-state index is 0.0817. The maximum atomic E-state index is 10.6. The summed E-state index contributed by atoms with van der Waals surface area (Å²) >= 11 is 0. The van der Waals surface area contributed by atoms with Crippen molar-refractivity contribution >= 4 is 5.97 Å². The minimum atomic E-state index is -0.557. The van der Waals surface area contributed by atoms with Crippen molar-refractivity contribution in [2.75, 3.05) is 13.2 Å². The van der Waals surface area contributed by atoms with E-state index in [1.165, 1.54) is 0 Å². The molecule has 0 amide bonds. The molecular formula is C7H9NO4. The number of ether oxygens (including phenoxy) is 1. The van der Waals surface area contributed by atoms with Gasteiger partial charge in [0.05, 0.1) is 6.61 Å². The van der Waals surface area contributed by atoms with E-state index in [9.17, 15) is 14.9 Å².